The summed E-state index contributed by atoms with van der Waals surface area (Å²) < 4.78 is 16.1. The summed E-state index contributed by atoms with van der Waals surface area (Å²) in [4.78, 5) is 19.0. The summed E-state index contributed by atoms with van der Waals surface area (Å²) in [6.07, 6.45) is 0.909. The second-order valence-corrected chi connectivity index (χ2v) is 6.32. The molecule has 0 bridgehead atoms. The van der Waals surface area contributed by atoms with Gasteiger partial charge in [0, 0.05) is 20.1 Å². The number of hydrogen-bond donors (Lipinski definition) is 0. The molecule has 134 valence electrons. The first-order valence-corrected chi connectivity index (χ1v) is 8.27. The van der Waals surface area contributed by atoms with Crippen LogP contribution in [0.15, 0.2) is 22.7 Å². The summed E-state index contributed by atoms with van der Waals surface area (Å²) in [5, 5.41) is 3.84. The molecule has 1 aliphatic heterocycles. The Kier molecular flexibility index (Phi) is 5.03. The van der Waals surface area contributed by atoms with Gasteiger partial charge in [0.25, 0.3) is 0 Å². The van der Waals surface area contributed by atoms with E-state index in [9.17, 15) is 4.79 Å². The van der Waals surface area contributed by atoms with Crippen molar-refractivity contribution in [2.75, 3.05) is 20.8 Å². The third-order valence-corrected chi connectivity index (χ3v) is 4.57. The molecule has 0 saturated carbocycles. The van der Waals surface area contributed by atoms with Crippen LogP contribution < -0.4 is 4.74 Å². The molecule has 0 aliphatic carbocycles. The van der Waals surface area contributed by atoms with Crippen LogP contribution in [0.5, 0.6) is 5.75 Å². The highest BCUT2D eigenvalue weighted by Gasteiger charge is 2.39. The minimum Gasteiger partial charge on any atom is -0.496 e. The monoisotopic (exact) mass is 345 g/mol. The number of likely N-dealkylation sites (tertiary alicyclic amines) is 1. The minimum absolute atomic E-state index is 0.00584. The van der Waals surface area contributed by atoms with Crippen molar-refractivity contribution >= 4 is 5.91 Å². The van der Waals surface area contributed by atoms with Crippen LogP contribution in [0.2, 0.25) is 0 Å². The van der Waals surface area contributed by atoms with Crippen molar-refractivity contribution in [1.82, 2.24) is 15.0 Å². The molecule has 0 unspecified atom stereocenters. The van der Waals surface area contributed by atoms with Gasteiger partial charge in [-0.05, 0) is 31.0 Å². The van der Waals surface area contributed by atoms with Crippen LogP contribution in [0.3, 0.4) is 0 Å². The summed E-state index contributed by atoms with van der Waals surface area (Å²) in [7, 11) is 3.28. The number of aryl methyl sites for hydroxylation is 2. The van der Waals surface area contributed by atoms with E-state index in [2.05, 4.69) is 10.1 Å². The van der Waals surface area contributed by atoms with Crippen LogP contribution in [-0.2, 0) is 16.0 Å². The van der Waals surface area contributed by atoms with Crippen LogP contribution in [0.1, 0.15) is 35.3 Å². The maximum absolute atomic E-state index is 12.9. The van der Waals surface area contributed by atoms with Gasteiger partial charge in [0.15, 0.2) is 5.82 Å². The second-order valence-electron chi connectivity index (χ2n) is 6.32. The van der Waals surface area contributed by atoms with Gasteiger partial charge in [-0.15, -0.1) is 0 Å². The number of benzene rings is 1. The summed E-state index contributed by atoms with van der Waals surface area (Å²) >= 11 is 0. The fourth-order valence-electron chi connectivity index (χ4n) is 3.18. The average molecular weight is 345 g/mol. The topological polar surface area (TPSA) is 77.7 Å². The van der Waals surface area contributed by atoms with Crippen molar-refractivity contribution in [3.63, 3.8) is 0 Å². The van der Waals surface area contributed by atoms with E-state index in [0.717, 1.165) is 16.9 Å². The molecule has 1 fully saturated rings. The first-order chi connectivity index (χ1) is 12.0. The van der Waals surface area contributed by atoms with E-state index in [4.69, 9.17) is 14.0 Å². The smallest absolute Gasteiger partial charge is 0.249 e. The number of nitrogens with zero attached hydrogens (tertiary/aromatic N) is 3. The number of carbonyl (C=O) groups excluding carboxylic acids is 1. The van der Waals surface area contributed by atoms with Gasteiger partial charge in [-0.25, -0.2) is 0 Å². The maximum atomic E-state index is 12.9. The number of hydrogen-bond acceptors (Lipinski definition) is 6. The lowest BCUT2D eigenvalue weighted by atomic mass is 10.1. The van der Waals surface area contributed by atoms with Crippen molar-refractivity contribution in [2.45, 2.75) is 38.8 Å². The molecule has 1 aromatic heterocycles. The third kappa shape index (κ3) is 3.66. The summed E-state index contributed by atoms with van der Waals surface area (Å²) in [6.45, 7) is 4.26. The lowest BCUT2D eigenvalue weighted by molar-refractivity contribution is -0.132. The Bertz CT molecular complexity index is 759. The predicted octanol–water partition coefficient (Wildman–Crippen LogP) is 2.23. The number of rotatable bonds is 5. The second kappa shape index (κ2) is 7.23. The number of methoxy groups -OCH3 is 2. The van der Waals surface area contributed by atoms with Gasteiger partial charge >= 0.3 is 0 Å². The van der Waals surface area contributed by atoms with Crippen molar-refractivity contribution in [2.24, 2.45) is 0 Å². The van der Waals surface area contributed by atoms with E-state index in [1.54, 1.807) is 26.0 Å². The molecule has 7 heteroatoms. The summed E-state index contributed by atoms with van der Waals surface area (Å²) in [6, 6.07) is 5.57. The van der Waals surface area contributed by atoms with Crippen LogP contribution in [0.4, 0.5) is 0 Å². The number of ether oxygens (including phenoxy) is 2. The average Bonchev–Trinajstić information content (AvgIpc) is 3.22. The standard InChI is InChI=1S/C18H23N3O4/c1-11-5-6-13(7-16(11)24-4)8-17(22)21-10-14(23-3)9-15(21)18-19-12(2)20-25-18/h5-7,14-15H,8-10H2,1-4H3/t14-,15-/m1/s1. The normalized spacial score (nSPS) is 20.1. The number of aromatic nitrogens is 2. The molecule has 3 rings (SSSR count). The van der Waals surface area contributed by atoms with E-state index >= 15 is 0 Å². The molecule has 1 amide bonds. The fourth-order valence-corrected chi connectivity index (χ4v) is 3.18. The van der Waals surface area contributed by atoms with E-state index in [1.807, 2.05) is 25.1 Å². The molecule has 0 spiro atoms. The molecule has 1 saturated heterocycles. The van der Waals surface area contributed by atoms with Crippen LogP contribution in [-0.4, -0.2) is 47.8 Å². The highest BCUT2D eigenvalue weighted by molar-refractivity contribution is 5.79. The Labute approximate surface area is 146 Å². The molecule has 2 aromatic rings. The molecular weight excluding hydrogens is 322 g/mol. The molecule has 1 aliphatic rings. The number of amides is 1. The van der Waals surface area contributed by atoms with Crippen LogP contribution in [0, 0.1) is 13.8 Å². The van der Waals surface area contributed by atoms with Crippen LogP contribution in [0.25, 0.3) is 0 Å². The predicted molar refractivity (Wildman–Crippen MR) is 90.3 cm³/mol. The third-order valence-electron chi connectivity index (χ3n) is 4.57. The SMILES string of the molecule is COc1cc(CC(=O)N2C[C@H](OC)C[C@@H]2c2nc(C)no2)ccc1C. The van der Waals surface area contributed by atoms with Crippen LogP contribution >= 0.6 is 0 Å². The molecule has 0 N–H and O–H groups in total. The molecule has 1 aromatic carbocycles. The van der Waals surface area contributed by atoms with E-state index in [0.29, 0.717) is 24.7 Å². The quantitative estimate of drug-likeness (QED) is 0.827. The zero-order chi connectivity index (χ0) is 18.0. The Morgan fingerprint density at radius 2 is 2.16 bits per heavy atom. The first kappa shape index (κ1) is 17.4. The molecule has 0 radical (unpaired) electrons. The summed E-state index contributed by atoms with van der Waals surface area (Å²) in [5.41, 5.74) is 1.95. The van der Waals surface area contributed by atoms with E-state index in [1.165, 1.54) is 0 Å². The molecule has 7 nitrogen and oxygen atoms in total. The molecule has 2 atom stereocenters. The maximum Gasteiger partial charge on any atom is 0.249 e. The molecule has 25 heavy (non-hydrogen) atoms. The zero-order valence-corrected chi connectivity index (χ0v) is 15.0. The largest absolute Gasteiger partial charge is 0.496 e. The molecule has 2 heterocycles. The van der Waals surface area contributed by atoms with Crippen molar-refractivity contribution in [1.29, 1.82) is 0 Å². The highest BCUT2D eigenvalue weighted by Crippen LogP contribution is 2.33. The Morgan fingerprint density at radius 3 is 2.80 bits per heavy atom. The highest BCUT2D eigenvalue weighted by atomic mass is 16.5. The van der Waals surface area contributed by atoms with Crippen molar-refractivity contribution < 1.29 is 18.8 Å². The van der Waals surface area contributed by atoms with Gasteiger partial charge in [-0.1, -0.05) is 17.3 Å². The van der Waals surface area contributed by atoms with Gasteiger partial charge in [-0.2, -0.15) is 4.98 Å². The Balaban J connectivity index is 1.79. The van der Waals surface area contributed by atoms with Gasteiger partial charge in [0.1, 0.15) is 11.8 Å². The van der Waals surface area contributed by atoms with Gasteiger partial charge < -0.3 is 18.9 Å². The Morgan fingerprint density at radius 1 is 1.36 bits per heavy atom. The van der Waals surface area contributed by atoms with E-state index in [-0.39, 0.29) is 24.5 Å². The van der Waals surface area contributed by atoms with Gasteiger partial charge in [0.2, 0.25) is 11.8 Å². The van der Waals surface area contributed by atoms with Gasteiger partial charge in [-0.3, -0.25) is 4.79 Å². The lowest BCUT2D eigenvalue weighted by Crippen LogP contribution is -2.33. The molecular formula is C18H23N3O4. The Hall–Kier alpha value is -2.41. The summed E-state index contributed by atoms with van der Waals surface area (Å²) in [5.74, 6) is 1.82. The zero-order valence-electron chi connectivity index (χ0n) is 15.0. The van der Waals surface area contributed by atoms with Crippen molar-refractivity contribution in [3.05, 3.63) is 41.0 Å². The first-order valence-electron chi connectivity index (χ1n) is 8.27. The lowest BCUT2D eigenvalue weighted by Gasteiger charge is -2.22. The van der Waals surface area contributed by atoms with Gasteiger partial charge in [0.05, 0.1) is 19.6 Å². The number of carbonyl (C=O) groups is 1. The minimum atomic E-state index is -0.244. The van der Waals surface area contributed by atoms with Crippen molar-refractivity contribution in [3.8, 4) is 5.75 Å². The van der Waals surface area contributed by atoms with E-state index < -0.39 is 0 Å². The fraction of sp³-hybridized carbons (Fsp3) is 0.500.